The summed E-state index contributed by atoms with van der Waals surface area (Å²) in [6.07, 6.45) is 9.19. The van der Waals surface area contributed by atoms with E-state index in [1.165, 1.54) is 22.9 Å². The van der Waals surface area contributed by atoms with Crippen LogP contribution in [0.4, 0.5) is 10.3 Å². The fraction of sp³-hybridized carbons (Fsp3) is 0.500. The van der Waals surface area contributed by atoms with E-state index >= 15 is 0 Å². The molecule has 10 nitrogen and oxygen atoms in total. The van der Waals surface area contributed by atoms with Gasteiger partial charge in [-0.2, -0.15) is 0 Å². The Morgan fingerprint density at radius 3 is 2.74 bits per heavy atom. The van der Waals surface area contributed by atoms with Gasteiger partial charge in [-0.25, -0.2) is 9.37 Å². The van der Waals surface area contributed by atoms with Crippen LogP contribution in [0, 0.1) is 5.82 Å². The Labute approximate surface area is 227 Å². The van der Waals surface area contributed by atoms with Gasteiger partial charge in [-0.1, -0.05) is 18.2 Å². The van der Waals surface area contributed by atoms with Crippen molar-refractivity contribution in [3.8, 4) is 11.3 Å². The summed E-state index contributed by atoms with van der Waals surface area (Å²) in [7, 11) is 3.76. The molecular formula is C28H36FN7O3. The molecule has 3 aliphatic rings. The first kappa shape index (κ1) is 27.2. The first-order valence-electron chi connectivity index (χ1n) is 13.4. The van der Waals surface area contributed by atoms with Gasteiger partial charge in [0.1, 0.15) is 0 Å². The van der Waals surface area contributed by atoms with Crippen molar-refractivity contribution in [2.45, 2.75) is 25.0 Å². The number of hydrogen-bond acceptors (Lipinski definition) is 8. The number of halogens is 1. The SMILES string of the molecule is CN1CCN(CC(=O)NC2(C)C=CC([C@H]3CN(c4nc(-c5ccncc5F)cc(=O)n4C)CCO3)=CC2)CC1. The zero-order valence-corrected chi connectivity index (χ0v) is 22.8. The first-order chi connectivity index (χ1) is 18.7. The third-order valence-corrected chi connectivity index (χ3v) is 7.67. The highest BCUT2D eigenvalue weighted by Gasteiger charge is 2.31. The molecule has 0 spiro atoms. The molecule has 0 aromatic carbocycles. The van der Waals surface area contributed by atoms with Crippen LogP contribution in [0.3, 0.4) is 0 Å². The van der Waals surface area contributed by atoms with Crippen LogP contribution in [0.25, 0.3) is 11.3 Å². The maximum Gasteiger partial charge on any atom is 0.255 e. The molecule has 11 heteroatoms. The molecule has 1 amide bonds. The van der Waals surface area contributed by atoms with Gasteiger partial charge in [0.05, 0.1) is 43.2 Å². The summed E-state index contributed by atoms with van der Waals surface area (Å²) in [5.41, 5.74) is 0.799. The van der Waals surface area contributed by atoms with Crippen molar-refractivity contribution in [3.05, 3.63) is 64.5 Å². The number of hydrogen-bond donors (Lipinski definition) is 1. The van der Waals surface area contributed by atoms with E-state index < -0.39 is 11.4 Å². The summed E-state index contributed by atoms with van der Waals surface area (Å²) in [4.78, 5) is 40.4. The highest BCUT2D eigenvalue weighted by molar-refractivity contribution is 5.79. The Morgan fingerprint density at radius 1 is 1.23 bits per heavy atom. The van der Waals surface area contributed by atoms with Crippen LogP contribution in [-0.4, -0.2) is 101 Å². The van der Waals surface area contributed by atoms with Gasteiger partial charge >= 0.3 is 0 Å². The number of anilines is 1. The second kappa shape index (κ2) is 11.4. The number of piperazine rings is 1. The van der Waals surface area contributed by atoms with E-state index in [0.29, 0.717) is 38.6 Å². The van der Waals surface area contributed by atoms with Crippen molar-refractivity contribution >= 4 is 11.9 Å². The molecule has 1 N–H and O–H groups in total. The average molecular weight is 538 g/mol. The minimum atomic E-state index is -0.528. The lowest BCUT2D eigenvalue weighted by molar-refractivity contribution is -0.123. The highest BCUT2D eigenvalue weighted by atomic mass is 19.1. The maximum absolute atomic E-state index is 14.4. The molecule has 2 atom stereocenters. The van der Waals surface area contributed by atoms with Gasteiger partial charge < -0.3 is 19.9 Å². The van der Waals surface area contributed by atoms with Crippen LogP contribution in [0.1, 0.15) is 13.3 Å². The van der Waals surface area contributed by atoms with E-state index in [2.05, 4.69) is 38.2 Å². The number of morpholine rings is 1. The summed E-state index contributed by atoms with van der Waals surface area (Å²) >= 11 is 0. The highest BCUT2D eigenvalue weighted by Crippen LogP contribution is 2.27. The van der Waals surface area contributed by atoms with Crippen molar-refractivity contribution in [2.24, 2.45) is 7.05 Å². The van der Waals surface area contributed by atoms with Gasteiger partial charge in [-0.15, -0.1) is 0 Å². The van der Waals surface area contributed by atoms with Gasteiger partial charge in [0.2, 0.25) is 11.9 Å². The minimum absolute atomic E-state index is 0.0288. The fourth-order valence-electron chi connectivity index (χ4n) is 5.21. The third kappa shape index (κ3) is 6.26. The molecule has 2 aliphatic heterocycles. The van der Waals surface area contributed by atoms with E-state index in [4.69, 9.17) is 4.74 Å². The number of ether oxygens (including phenoxy) is 1. The normalized spacial score (nSPS) is 24.5. The Kier molecular flexibility index (Phi) is 7.92. The number of rotatable bonds is 6. The predicted octanol–water partition coefficient (Wildman–Crippen LogP) is 1.20. The van der Waals surface area contributed by atoms with Crippen LogP contribution in [0.5, 0.6) is 0 Å². The fourth-order valence-corrected chi connectivity index (χ4v) is 5.21. The topological polar surface area (TPSA) is 95.8 Å². The van der Waals surface area contributed by atoms with Crippen LogP contribution in [-0.2, 0) is 16.6 Å². The van der Waals surface area contributed by atoms with Crippen LogP contribution < -0.4 is 15.8 Å². The molecule has 2 fully saturated rings. The number of carbonyl (C=O) groups excluding carboxylic acids is 1. The summed E-state index contributed by atoms with van der Waals surface area (Å²) in [5.74, 6) is -0.0372. The Balaban J connectivity index is 1.24. The van der Waals surface area contributed by atoms with Crippen molar-refractivity contribution in [1.29, 1.82) is 0 Å². The second-order valence-electron chi connectivity index (χ2n) is 10.8. The van der Waals surface area contributed by atoms with Crippen molar-refractivity contribution in [1.82, 2.24) is 29.7 Å². The van der Waals surface area contributed by atoms with Gasteiger partial charge in [0.15, 0.2) is 5.82 Å². The van der Waals surface area contributed by atoms with Gasteiger partial charge in [0.25, 0.3) is 5.56 Å². The Morgan fingerprint density at radius 2 is 2.03 bits per heavy atom. The number of aromatic nitrogens is 3. The number of nitrogens with zero attached hydrogens (tertiary/aromatic N) is 6. The number of amides is 1. The molecule has 39 heavy (non-hydrogen) atoms. The van der Waals surface area contributed by atoms with Crippen molar-refractivity contribution in [2.75, 3.05) is 64.4 Å². The number of carbonyl (C=O) groups is 1. The molecular weight excluding hydrogens is 501 g/mol. The molecule has 0 radical (unpaired) electrons. The van der Waals surface area contributed by atoms with E-state index in [1.54, 1.807) is 7.05 Å². The lowest BCUT2D eigenvalue weighted by Crippen LogP contribution is -2.52. The van der Waals surface area contributed by atoms with Crippen LogP contribution >= 0.6 is 0 Å². The molecule has 2 aromatic rings. The molecule has 4 heterocycles. The van der Waals surface area contributed by atoms with E-state index in [9.17, 15) is 14.0 Å². The van der Waals surface area contributed by atoms with Crippen LogP contribution in [0.15, 0.2) is 53.1 Å². The lowest BCUT2D eigenvalue weighted by atomic mass is 9.88. The van der Waals surface area contributed by atoms with E-state index in [-0.39, 0.29) is 28.8 Å². The summed E-state index contributed by atoms with van der Waals surface area (Å²) in [6, 6.07) is 2.85. The Bertz CT molecular complexity index is 1330. The van der Waals surface area contributed by atoms with Crippen LogP contribution in [0.2, 0.25) is 0 Å². The van der Waals surface area contributed by atoms with E-state index in [0.717, 1.165) is 37.9 Å². The second-order valence-corrected chi connectivity index (χ2v) is 10.8. The zero-order chi connectivity index (χ0) is 27.6. The lowest BCUT2D eigenvalue weighted by Gasteiger charge is -2.37. The predicted molar refractivity (Wildman–Crippen MR) is 147 cm³/mol. The monoisotopic (exact) mass is 537 g/mol. The molecule has 208 valence electrons. The summed E-state index contributed by atoms with van der Waals surface area (Å²) in [5, 5.41) is 3.19. The molecule has 0 saturated carbocycles. The number of pyridine rings is 1. The van der Waals surface area contributed by atoms with Gasteiger partial charge in [0, 0.05) is 57.6 Å². The molecule has 1 aliphatic carbocycles. The maximum atomic E-state index is 14.4. The van der Waals surface area contributed by atoms with Crippen molar-refractivity contribution < 1.29 is 13.9 Å². The first-order valence-corrected chi connectivity index (χ1v) is 13.4. The third-order valence-electron chi connectivity index (χ3n) is 7.67. The molecule has 2 aromatic heterocycles. The minimum Gasteiger partial charge on any atom is -0.370 e. The Hall–Kier alpha value is -3.41. The standard InChI is InChI=1S/C28H36FN7O3/c1-28(32-25(37)19-35-12-10-33(2)11-13-35)7-4-20(5-8-28)24-18-36(14-15-39-24)27-31-23(16-26(38)34(27)3)21-6-9-30-17-22(21)29/h4-7,9,16-17,24H,8,10-15,18-19H2,1-3H3,(H,32,37)/t24-,28?/m1/s1. The quantitative estimate of drug-likeness (QED) is 0.588. The molecule has 2 saturated heterocycles. The van der Waals surface area contributed by atoms with Gasteiger partial charge in [-0.05, 0) is 32.0 Å². The van der Waals surface area contributed by atoms with Gasteiger partial charge in [-0.3, -0.25) is 24.0 Å². The molecule has 1 unspecified atom stereocenters. The number of likely N-dealkylation sites (N-methyl/N-ethyl adjacent to an activating group) is 1. The summed E-state index contributed by atoms with van der Waals surface area (Å²) < 4.78 is 21.9. The largest absolute Gasteiger partial charge is 0.370 e. The molecule has 0 bridgehead atoms. The summed E-state index contributed by atoms with van der Waals surface area (Å²) in [6.45, 7) is 7.68. The number of nitrogens with one attached hydrogen (secondary N) is 1. The smallest absolute Gasteiger partial charge is 0.255 e. The van der Waals surface area contributed by atoms with E-state index in [1.807, 2.05) is 24.0 Å². The zero-order valence-electron chi connectivity index (χ0n) is 22.8. The average Bonchev–Trinajstić information content (AvgIpc) is 2.92. The van der Waals surface area contributed by atoms with Crippen molar-refractivity contribution in [3.63, 3.8) is 0 Å². The molecule has 5 rings (SSSR count).